The Morgan fingerprint density at radius 3 is 2.64 bits per heavy atom. The molecule has 1 unspecified atom stereocenters. The first-order valence-electron chi connectivity index (χ1n) is 10.5. The first kappa shape index (κ1) is 22.7. The molecule has 1 amide bonds. The van der Waals surface area contributed by atoms with E-state index in [-0.39, 0.29) is 11.8 Å². The Labute approximate surface area is 166 Å². The zero-order valence-electron chi connectivity index (χ0n) is 17.1. The average molecular weight is 399 g/mol. The lowest BCUT2D eigenvalue weighted by Crippen LogP contribution is -2.36. The molecule has 28 heavy (non-hydrogen) atoms. The van der Waals surface area contributed by atoms with Crippen LogP contribution in [0.3, 0.4) is 0 Å². The first-order chi connectivity index (χ1) is 13.3. The molecule has 6 heteroatoms. The zero-order valence-corrected chi connectivity index (χ0v) is 17.1. The first-order valence-corrected chi connectivity index (χ1v) is 10.5. The highest BCUT2D eigenvalue weighted by Gasteiger charge is 2.30. The normalized spacial score (nSPS) is 16.6. The van der Waals surface area contributed by atoms with Gasteiger partial charge in [-0.2, -0.15) is 13.2 Å². The van der Waals surface area contributed by atoms with Gasteiger partial charge in [-0.25, -0.2) is 0 Å². The van der Waals surface area contributed by atoms with Crippen molar-refractivity contribution in [2.24, 2.45) is 0 Å². The molecule has 1 aliphatic heterocycles. The lowest BCUT2D eigenvalue weighted by molar-refractivity contribution is -0.137. The average Bonchev–Trinajstić information content (AvgIpc) is 2.66. The third kappa shape index (κ3) is 7.12. The van der Waals surface area contributed by atoms with Gasteiger partial charge in [-0.1, -0.05) is 32.0 Å². The Morgan fingerprint density at radius 1 is 1.18 bits per heavy atom. The second-order valence-electron chi connectivity index (χ2n) is 7.87. The summed E-state index contributed by atoms with van der Waals surface area (Å²) in [6.07, 6.45) is 1.47. The van der Waals surface area contributed by atoms with E-state index in [2.05, 4.69) is 11.8 Å². The molecule has 1 heterocycles. The van der Waals surface area contributed by atoms with Crippen molar-refractivity contribution in [3.63, 3.8) is 0 Å². The van der Waals surface area contributed by atoms with Gasteiger partial charge in [0.15, 0.2) is 0 Å². The smallest absolute Gasteiger partial charge is 0.343 e. The Morgan fingerprint density at radius 2 is 1.96 bits per heavy atom. The minimum Gasteiger partial charge on any atom is -0.343 e. The van der Waals surface area contributed by atoms with Crippen molar-refractivity contribution in [2.75, 3.05) is 32.7 Å². The molecule has 158 valence electrons. The molecule has 1 atom stereocenters. The van der Waals surface area contributed by atoms with Crippen LogP contribution >= 0.6 is 0 Å². The maximum atomic E-state index is 13.0. The van der Waals surface area contributed by atoms with Gasteiger partial charge in [0.2, 0.25) is 5.91 Å². The topological polar surface area (TPSA) is 23.6 Å². The van der Waals surface area contributed by atoms with Crippen LogP contribution in [-0.2, 0) is 11.0 Å². The minimum absolute atomic E-state index is 0.0394. The van der Waals surface area contributed by atoms with E-state index in [1.807, 2.05) is 11.8 Å². The minimum atomic E-state index is -4.30. The number of hydrogen-bond acceptors (Lipinski definition) is 2. The second-order valence-corrected chi connectivity index (χ2v) is 7.87. The summed E-state index contributed by atoms with van der Waals surface area (Å²) in [4.78, 5) is 16.2. The summed E-state index contributed by atoms with van der Waals surface area (Å²) in [5, 5.41) is 0. The molecular weight excluding hydrogens is 365 g/mol. The number of carbonyl (C=O) groups excluding carboxylic acids is 1. The van der Waals surface area contributed by atoms with Crippen molar-refractivity contribution >= 4 is 5.91 Å². The van der Waals surface area contributed by atoms with E-state index in [0.29, 0.717) is 6.42 Å². The summed E-state index contributed by atoms with van der Waals surface area (Å²) >= 11 is 0. The Hall–Kier alpha value is -1.56. The van der Waals surface area contributed by atoms with Crippen LogP contribution in [0.15, 0.2) is 24.3 Å². The number of benzene rings is 1. The quantitative estimate of drug-likeness (QED) is 0.499. The molecule has 1 aromatic carbocycles. The van der Waals surface area contributed by atoms with Gasteiger partial charge in [-0.05, 0) is 62.7 Å². The second kappa shape index (κ2) is 10.8. The molecule has 0 radical (unpaired) electrons. The SMILES string of the molecule is CCCN(CCCCN1CCCCC1=O)CC(C)c1cccc(C(F)(F)F)c1. The lowest BCUT2D eigenvalue weighted by Gasteiger charge is -2.28. The van der Waals surface area contributed by atoms with Crippen molar-refractivity contribution in [1.82, 2.24) is 9.80 Å². The fraction of sp³-hybridized carbons (Fsp3) is 0.682. The number of nitrogens with zero attached hydrogens (tertiary/aromatic N) is 2. The van der Waals surface area contributed by atoms with Gasteiger partial charge in [0.1, 0.15) is 0 Å². The molecule has 0 aromatic heterocycles. The van der Waals surface area contributed by atoms with Gasteiger partial charge < -0.3 is 9.80 Å². The number of rotatable bonds is 10. The van der Waals surface area contributed by atoms with E-state index in [1.165, 1.54) is 12.1 Å². The van der Waals surface area contributed by atoms with Gasteiger partial charge in [0.25, 0.3) is 0 Å². The van der Waals surface area contributed by atoms with Crippen molar-refractivity contribution in [1.29, 1.82) is 0 Å². The zero-order chi connectivity index (χ0) is 20.6. The molecule has 0 aliphatic carbocycles. The van der Waals surface area contributed by atoms with Crippen LogP contribution in [0.2, 0.25) is 0 Å². The molecule has 0 bridgehead atoms. The van der Waals surface area contributed by atoms with E-state index in [9.17, 15) is 18.0 Å². The molecule has 0 N–H and O–H groups in total. The molecule has 3 nitrogen and oxygen atoms in total. The molecule has 1 aromatic rings. The standard InChI is InChI=1S/C22H33F3N2O/c1-3-12-26(13-6-7-15-27-14-5-4-11-21(27)28)17-18(2)19-9-8-10-20(16-19)22(23,24)25/h8-10,16,18H,3-7,11-15,17H2,1-2H3. The van der Waals surface area contributed by atoms with E-state index in [4.69, 9.17) is 0 Å². The Balaban J connectivity index is 1.83. The largest absolute Gasteiger partial charge is 0.416 e. The predicted molar refractivity (Wildman–Crippen MR) is 106 cm³/mol. The van der Waals surface area contributed by atoms with Crippen LogP contribution in [-0.4, -0.2) is 48.4 Å². The predicted octanol–water partition coefficient (Wildman–Crippen LogP) is 5.31. The fourth-order valence-electron chi connectivity index (χ4n) is 3.86. The molecule has 1 fully saturated rings. The number of hydrogen-bond donors (Lipinski definition) is 0. The number of alkyl halides is 3. The van der Waals surface area contributed by atoms with Crippen molar-refractivity contribution < 1.29 is 18.0 Å². The van der Waals surface area contributed by atoms with Crippen molar-refractivity contribution in [2.45, 2.75) is 64.5 Å². The van der Waals surface area contributed by atoms with Gasteiger partial charge in [0, 0.05) is 26.1 Å². The third-order valence-corrected chi connectivity index (χ3v) is 5.43. The number of amides is 1. The highest BCUT2D eigenvalue weighted by molar-refractivity contribution is 5.76. The number of likely N-dealkylation sites (tertiary alicyclic amines) is 1. The molecular formula is C22H33F3N2O. The number of halogens is 3. The van der Waals surface area contributed by atoms with Crippen molar-refractivity contribution in [3.8, 4) is 0 Å². The molecule has 2 rings (SSSR count). The van der Waals surface area contributed by atoms with Gasteiger partial charge in [-0.15, -0.1) is 0 Å². The van der Waals surface area contributed by atoms with E-state index in [0.717, 1.165) is 76.5 Å². The van der Waals surface area contributed by atoms with E-state index < -0.39 is 11.7 Å². The molecule has 0 spiro atoms. The monoisotopic (exact) mass is 398 g/mol. The van der Waals surface area contributed by atoms with Crippen LogP contribution in [0, 0.1) is 0 Å². The summed E-state index contributed by atoms with van der Waals surface area (Å²) in [6.45, 7) is 8.41. The Bertz CT molecular complexity index is 618. The third-order valence-electron chi connectivity index (χ3n) is 5.43. The van der Waals surface area contributed by atoms with Crippen molar-refractivity contribution in [3.05, 3.63) is 35.4 Å². The summed E-state index contributed by atoms with van der Waals surface area (Å²) in [7, 11) is 0. The summed E-state index contributed by atoms with van der Waals surface area (Å²) in [5.41, 5.74) is 0.153. The number of carbonyl (C=O) groups is 1. The van der Waals surface area contributed by atoms with Crippen LogP contribution < -0.4 is 0 Å². The van der Waals surface area contributed by atoms with Gasteiger partial charge in [0.05, 0.1) is 5.56 Å². The van der Waals surface area contributed by atoms with Crippen LogP contribution in [0.25, 0.3) is 0 Å². The van der Waals surface area contributed by atoms with Crippen LogP contribution in [0.5, 0.6) is 0 Å². The fourth-order valence-corrected chi connectivity index (χ4v) is 3.86. The number of piperidine rings is 1. The maximum absolute atomic E-state index is 13.0. The highest BCUT2D eigenvalue weighted by atomic mass is 19.4. The lowest BCUT2D eigenvalue weighted by atomic mass is 9.98. The molecule has 0 saturated carbocycles. The Kier molecular flexibility index (Phi) is 8.80. The molecule has 1 aliphatic rings. The highest BCUT2D eigenvalue weighted by Crippen LogP contribution is 2.31. The maximum Gasteiger partial charge on any atom is 0.416 e. The van der Waals surface area contributed by atoms with E-state index >= 15 is 0 Å². The summed E-state index contributed by atoms with van der Waals surface area (Å²) < 4.78 is 38.9. The van der Waals surface area contributed by atoms with Crippen LogP contribution in [0.1, 0.15) is 69.4 Å². The summed E-state index contributed by atoms with van der Waals surface area (Å²) in [5.74, 6) is 0.312. The summed E-state index contributed by atoms with van der Waals surface area (Å²) in [6, 6.07) is 5.68. The molecule has 1 saturated heterocycles. The van der Waals surface area contributed by atoms with Crippen LogP contribution in [0.4, 0.5) is 13.2 Å². The van der Waals surface area contributed by atoms with E-state index in [1.54, 1.807) is 6.07 Å². The van der Waals surface area contributed by atoms with Gasteiger partial charge in [-0.3, -0.25) is 4.79 Å². The van der Waals surface area contributed by atoms with Gasteiger partial charge >= 0.3 is 6.18 Å². The number of unbranched alkanes of at least 4 members (excludes halogenated alkanes) is 1.